The highest BCUT2D eigenvalue weighted by molar-refractivity contribution is 5.76. The Morgan fingerprint density at radius 3 is 1.42 bits per heavy atom. The van der Waals surface area contributed by atoms with E-state index in [1.54, 1.807) is 6.08 Å². The molecule has 11 heteroatoms. The van der Waals surface area contributed by atoms with Crippen LogP contribution in [0.2, 0.25) is 0 Å². The van der Waals surface area contributed by atoms with E-state index >= 15 is 0 Å². The lowest BCUT2D eigenvalue weighted by Gasteiger charge is -2.40. The fourth-order valence-electron chi connectivity index (χ4n) is 8.87. The summed E-state index contributed by atoms with van der Waals surface area (Å²) >= 11 is 0. The van der Waals surface area contributed by atoms with Gasteiger partial charge in [-0.15, -0.1) is 0 Å². The zero-order valence-corrected chi connectivity index (χ0v) is 47.0. The van der Waals surface area contributed by atoms with Gasteiger partial charge < -0.3 is 45.1 Å². The molecule has 1 amide bonds. The second kappa shape index (κ2) is 52.2. The number of hydrogen-bond acceptors (Lipinski definition) is 10. The molecule has 1 heterocycles. The first-order valence-corrected chi connectivity index (χ1v) is 30.2. The number of carbonyl (C=O) groups is 2. The maximum atomic E-state index is 13.0. The number of amides is 1. The van der Waals surface area contributed by atoms with Crippen molar-refractivity contribution in [3.05, 3.63) is 72.9 Å². The van der Waals surface area contributed by atoms with E-state index in [0.29, 0.717) is 19.4 Å². The van der Waals surface area contributed by atoms with Crippen LogP contribution in [0.15, 0.2) is 72.9 Å². The van der Waals surface area contributed by atoms with Crippen LogP contribution in [0.3, 0.4) is 0 Å². The molecule has 428 valence electrons. The Bertz CT molecular complexity index is 1460. The number of aliphatic hydroxyl groups excluding tert-OH is 5. The summed E-state index contributed by atoms with van der Waals surface area (Å²) < 4.78 is 16.7. The van der Waals surface area contributed by atoms with Crippen LogP contribution in [0.1, 0.15) is 251 Å². The zero-order valence-electron chi connectivity index (χ0n) is 47.0. The molecule has 1 aliphatic heterocycles. The molecule has 0 aromatic heterocycles. The van der Waals surface area contributed by atoms with Crippen molar-refractivity contribution in [1.82, 2.24) is 5.32 Å². The zero-order chi connectivity index (χ0) is 53.8. The Hall–Kier alpha value is -2.90. The Balaban J connectivity index is 2.09. The highest BCUT2D eigenvalue weighted by Gasteiger charge is 2.44. The number of esters is 1. The Morgan fingerprint density at radius 2 is 0.919 bits per heavy atom. The van der Waals surface area contributed by atoms with Crippen LogP contribution in [0, 0.1) is 0 Å². The summed E-state index contributed by atoms with van der Waals surface area (Å²) in [5, 5.41) is 54.3. The third-order valence-electron chi connectivity index (χ3n) is 13.7. The normalized spacial score (nSPS) is 19.4. The summed E-state index contributed by atoms with van der Waals surface area (Å²) in [5.41, 5.74) is 0. The molecule has 0 spiro atoms. The van der Waals surface area contributed by atoms with Crippen LogP contribution >= 0.6 is 0 Å². The molecule has 0 radical (unpaired) electrons. The molecule has 1 rings (SSSR count). The van der Waals surface area contributed by atoms with Gasteiger partial charge in [0, 0.05) is 12.8 Å². The van der Waals surface area contributed by atoms with Crippen LogP contribution in [0.4, 0.5) is 0 Å². The topological polar surface area (TPSA) is 175 Å². The standard InChI is InChI=1S/C63H111NO10/c1-3-5-7-9-11-13-15-30-33-37-41-45-49-56(66)55(54-73-63-62(71)61(70)60(69)57(53-65)74-63)64-58(67)50-46-42-38-34-31-27-25-23-21-19-17-16-18-20-22-24-26-28-32-36-40-44-48-52-72-59(68)51-47-43-39-35-29-14-12-10-8-6-4-2/h9-12,16,18-19,21,30,33,45,49,55-57,60-63,65-66,69-71H,3-8,13-15,17,20,22-29,31-32,34-44,46-48,50-54H2,1-2H3,(H,64,67)/b11-9+,12-10-,18-16-,21-19-,33-30+,49-45+. The lowest BCUT2D eigenvalue weighted by Crippen LogP contribution is -2.60. The molecule has 0 aromatic carbocycles. The third-order valence-corrected chi connectivity index (χ3v) is 13.7. The Kier molecular flexibility index (Phi) is 48.7. The van der Waals surface area contributed by atoms with Gasteiger partial charge in [0.2, 0.25) is 5.91 Å². The van der Waals surface area contributed by atoms with E-state index in [-0.39, 0.29) is 18.5 Å². The quantitative estimate of drug-likeness (QED) is 0.0195. The second-order valence-electron chi connectivity index (χ2n) is 20.7. The highest BCUT2D eigenvalue weighted by atomic mass is 16.7. The van der Waals surface area contributed by atoms with Crippen molar-refractivity contribution in [1.29, 1.82) is 0 Å². The minimum absolute atomic E-state index is 0.0177. The van der Waals surface area contributed by atoms with E-state index in [1.807, 2.05) is 6.08 Å². The van der Waals surface area contributed by atoms with E-state index in [2.05, 4.69) is 79.9 Å². The van der Waals surface area contributed by atoms with E-state index in [4.69, 9.17) is 14.2 Å². The summed E-state index contributed by atoms with van der Waals surface area (Å²) in [6.07, 6.45) is 58.6. The molecular weight excluding hydrogens is 931 g/mol. The maximum absolute atomic E-state index is 13.0. The summed E-state index contributed by atoms with van der Waals surface area (Å²) in [7, 11) is 0. The molecule has 0 saturated carbocycles. The van der Waals surface area contributed by atoms with Gasteiger partial charge in [0.25, 0.3) is 0 Å². The number of carbonyl (C=O) groups excluding carboxylic acids is 2. The lowest BCUT2D eigenvalue weighted by molar-refractivity contribution is -0.302. The van der Waals surface area contributed by atoms with Crippen molar-refractivity contribution in [2.24, 2.45) is 0 Å². The molecule has 1 saturated heterocycles. The number of hydrogen-bond donors (Lipinski definition) is 6. The predicted octanol–water partition coefficient (Wildman–Crippen LogP) is 14.0. The molecule has 7 atom stereocenters. The van der Waals surface area contributed by atoms with Gasteiger partial charge >= 0.3 is 5.97 Å². The summed E-state index contributed by atoms with van der Waals surface area (Å²) in [6.45, 7) is 4.21. The van der Waals surface area contributed by atoms with Gasteiger partial charge in [-0.2, -0.15) is 0 Å². The van der Waals surface area contributed by atoms with Crippen LogP contribution in [0.25, 0.3) is 0 Å². The van der Waals surface area contributed by atoms with E-state index in [9.17, 15) is 35.1 Å². The van der Waals surface area contributed by atoms with E-state index in [0.717, 1.165) is 103 Å². The van der Waals surface area contributed by atoms with Crippen molar-refractivity contribution >= 4 is 11.9 Å². The summed E-state index contributed by atoms with van der Waals surface area (Å²) in [6, 6.07) is -0.843. The Morgan fingerprint density at radius 1 is 0.500 bits per heavy atom. The average Bonchev–Trinajstić information content (AvgIpc) is 3.40. The van der Waals surface area contributed by atoms with Gasteiger partial charge in [-0.25, -0.2) is 0 Å². The number of nitrogens with one attached hydrogen (secondary N) is 1. The number of rotatable bonds is 51. The maximum Gasteiger partial charge on any atom is 0.305 e. The van der Waals surface area contributed by atoms with Crippen LogP contribution in [-0.2, 0) is 23.8 Å². The minimum Gasteiger partial charge on any atom is -0.466 e. The average molecular weight is 1040 g/mol. The summed E-state index contributed by atoms with van der Waals surface area (Å²) in [5.74, 6) is -0.227. The van der Waals surface area contributed by atoms with Crippen LogP contribution in [0.5, 0.6) is 0 Å². The molecular formula is C63H111NO10. The van der Waals surface area contributed by atoms with Crippen molar-refractivity contribution in [2.75, 3.05) is 19.8 Å². The first-order chi connectivity index (χ1) is 36.2. The number of ether oxygens (including phenoxy) is 3. The smallest absolute Gasteiger partial charge is 0.305 e. The van der Waals surface area contributed by atoms with Crippen LogP contribution in [-0.4, -0.2) is 100 Å². The van der Waals surface area contributed by atoms with Gasteiger partial charge in [-0.05, 0) is 103 Å². The molecule has 11 nitrogen and oxygen atoms in total. The number of allylic oxidation sites excluding steroid dienone is 11. The first-order valence-electron chi connectivity index (χ1n) is 30.2. The van der Waals surface area contributed by atoms with Crippen LogP contribution < -0.4 is 5.32 Å². The Labute approximate surface area is 451 Å². The van der Waals surface area contributed by atoms with Gasteiger partial charge in [0.15, 0.2) is 6.29 Å². The SMILES string of the molecule is CCCC/C=C\CCCCCCCC(=O)OCCCCCCCCCCC/C=C\C/C=C\CCCCCCCCCC(=O)NC(COC1OC(CO)C(O)C(O)C1O)C(O)/C=C/CC/C=C/CC/C=C/CCCC. The molecule has 0 aromatic rings. The van der Waals surface area contributed by atoms with Crippen molar-refractivity contribution in [3.63, 3.8) is 0 Å². The van der Waals surface area contributed by atoms with Crippen molar-refractivity contribution < 1.29 is 49.3 Å². The monoisotopic (exact) mass is 1040 g/mol. The van der Waals surface area contributed by atoms with Crippen molar-refractivity contribution in [2.45, 2.75) is 294 Å². The molecule has 0 aliphatic carbocycles. The molecule has 7 unspecified atom stereocenters. The third kappa shape index (κ3) is 41.3. The largest absolute Gasteiger partial charge is 0.466 e. The fraction of sp³-hybridized carbons (Fsp3) is 0.778. The van der Waals surface area contributed by atoms with Crippen molar-refractivity contribution in [3.8, 4) is 0 Å². The first kappa shape index (κ1) is 69.1. The molecule has 74 heavy (non-hydrogen) atoms. The summed E-state index contributed by atoms with van der Waals surface area (Å²) in [4.78, 5) is 25.0. The number of aliphatic hydroxyl groups is 5. The van der Waals surface area contributed by atoms with Gasteiger partial charge in [-0.3, -0.25) is 9.59 Å². The van der Waals surface area contributed by atoms with E-state index < -0.39 is 49.5 Å². The lowest BCUT2D eigenvalue weighted by atomic mass is 9.99. The minimum atomic E-state index is -1.58. The molecule has 6 N–H and O–H groups in total. The molecule has 1 fully saturated rings. The number of unbranched alkanes of at least 4 members (excludes halogenated alkanes) is 27. The predicted molar refractivity (Wildman–Crippen MR) is 306 cm³/mol. The highest BCUT2D eigenvalue weighted by Crippen LogP contribution is 2.23. The molecule has 0 bridgehead atoms. The van der Waals surface area contributed by atoms with E-state index in [1.165, 1.54) is 122 Å². The second-order valence-corrected chi connectivity index (χ2v) is 20.7. The van der Waals surface area contributed by atoms with Gasteiger partial charge in [0.1, 0.15) is 24.4 Å². The fourth-order valence-corrected chi connectivity index (χ4v) is 8.87. The molecule has 1 aliphatic rings. The van der Waals surface area contributed by atoms with Gasteiger partial charge in [-0.1, -0.05) is 209 Å². The van der Waals surface area contributed by atoms with Gasteiger partial charge in [0.05, 0.1) is 32.0 Å².